The Kier molecular flexibility index (Phi) is 5.14. The summed E-state index contributed by atoms with van der Waals surface area (Å²) in [6, 6.07) is 11.5. The number of aromatic nitrogens is 4. The van der Waals surface area contributed by atoms with Gasteiger partial charge in [0.1, 0.15) is 0 Å². The third-order valence-electron chi connectivity index (χ3n) is 4.82. The van der Waals surface area contributed by atoms with Gasteiger partial charge in [-0.15, -0.1) is 10.2 Å². The highest BCUT2D eigenvalue weighted by Crippen LogP contribution is 2.24. The number of nitrogens with zero attached hydrogens (tertiary/aromatic N) is 6. The van der Waals surface area contributed by atoms with Gasteiger partial charge in [0.05, 0.1) is 10.8 Å². The van der Waals surface area contributed by atoms with Crippen molar-refractivity contribution in [2.75, 3.05) is 23.3 Å². The van der Waals surface area contributed by atoms with Crippen LogP contribution < -0.4 is 10.2 Å². The van der Waals surface area contributed by atoms with Crippen LogP contribution in [0.25, 0.3) is 5.82 Å². The number of carbonyl (C=O) groups excluding carboxylic acids is 1. The van der Waals surface area contributed by atoms with Gasteiger partial charge >= 0.3 is 0 Å². The average molecular weight is 393 g/mol. The van der Waals surface area contributed by atoms with Gasteiger partial charge in [-0.25, -0.2) is 4.68 Å². The third kappa shape index (κ3) is 4.21. The molecule has 3 heterocycles. The number of nitro benzene ring substituents is 1. The smallest absolute Gasteiger partial charge is 0.271 e. The molecule has 0 saturated carbocycles. The molecule has 0 aliphatic carbocycles. The van der Waals surface area contributed by atoms with Gasteiger partial charge < -0.3 is 10.2 Å². The molecule has 1 aliphatic rings. The summed E-state index contributed by atoms with van der Waals surface area (Å²) in [5, 5.41) is 26.3. The molecule has 0 radical (unpaired) electrons. The largest absolute Gasteiger partial charge is 0.354 e. The standard InChI is InChI=1S/C19H19N7O3/c27-19(21-15-5-1-6-16(12-15)26(28)29)14-4-2-10-24(13-14)17-7-8-18(23-22-17)25-11-3-9-20-25/h1,3,5-9,11-12,14H,2,4,10,13H2,(H,21,27). The lowest BCUT2D eigenvalue weighted by Crippen LogP contribution is -2.41. The summed E-state index contributed by atoms with van der Waals surface area (Å²) in [6.45, 7) is 1.30. The van der Waals surface area contributed by atoms with Crippen molar-refractivity contribution in [3.63, 3.8) is 0 Å². The summed E-state index contributed by atoms with van der Waals surface area (Å²) in [5.74, 6) is 0.927. The fourth-order valence-corrected chi connectivity index (χ4v) is 3.35. The van der Waals surface area contributed by atoms with Gasteiger partial charge in [-0.05, 0) is 37.1 Å². The Bertz CT molecular complexity index is 1000. The summed E-state index contributed by atoms with van der Waals surface area (Å²) >= 11 is 0. The molecule has 2 aromatic heterocycles. The van der Waals surface area contributed by atoms with Crippen molar-refractivity contribution in [3.05, 3.63) is 65.0 Å². The fraction of sp³-hybridized carbons (Fsp3) is 0.263. The Balaban J connectivity index is 1.42. The molecular formula is C19H19N7O3. The summed E-state index contributed by atoms with van der Waals surface area (Å²) in [7, 11) is 0. The van der Waals surface area contributed by atoms with Crippen LogP contribution in [-0.4, -0.2) is 43.9 Å². The van der Waals surface area contributed by atoms with E-state index in [0.29, 0.717) is 23.9 Å². The van der Waals surface area contributed by atoms with Crippen molar-refractivity contribution >= 4 is 23.1 Å². The van der Waals surface area contributed by atoms with Gasteiger partial charge in [-0.1, -0.05) is 6.07 Å². The van der Waals surface area contributed by atoms with E-state index in [1.807, 2.05) is 23.1 Å². The monoisotopic (exact) mass is 393 g/mol. The normalized spacial score (nSPS) is 16.4. The van der Waals surface area contributed by atoms with Gasteiger partial charge in [-0.3, -0.25) is 14.9 Å². The van der Waals surface area contributed by atoms with E-state index in [-0.39, 0.29) is 17.5 Å². The highest BCUT2D eigenvalue weighted by Gasteiger charge is 2.27. The number of amides is 1. The van der Waals surface area contributed by atoms with Crippen molar-refractivity contribution in [2.24, 2.45) is 5.92 Å². The maximum Gasteiger partial charge on any atom is 0.271 e. The predicted molar refractivity (Wildman–Crippen MR) is 106 cm³/mol. The molecule has 1 N–H and O–H groups in total. The zero-order valence-electron chi connectivity index (χ0n) is 15.5. The van der Waals surface area contributed by atoms with Crippen LogP contribution in [-0.2, 0) is 4.79 Å². The minimum atomic E-state index is -0.483. The fourth-order valence-electron chi connectivity index (χ4n) is 3.35. The molecule has 1 aliphatic heterocycles. The summed E-state index contributed by atoms with van der Waals surface area (Å²) in [6.07, 6.45) is 5.05. The first-order valence-corrected chi connectivity index (χ1v) is 9.24. The predicted octanol–water partition coefficient (Wildman–Crippen LogP) is 2.43. The first kappa shape index (κ1) is 18.5. The zero-order valence-corrected chi connectivity index (χ0v) is 15.5. The second kappa shape index (κ2) is 8.05. The zero-order chi connectivity index (χ0) is 20.2. The van der Waals surface area contributed by atoms with Crippen LogP contribution in [0.4, 0.5) is 17.2 Å². The molecule has 1 amide bonds. The highest BCUT2D eigenvalue weighted by molar-refractivity contribution is 5.93. The van der Waals surface area contributed by atoms with Crippen molar-refractivity contribution in [1.29, 1.82) is 0 Å². The first-order valence-electron chi connectivity index (χ1n) is 9.24. The summed E-state index contributed by atoms with van der Waals surface area (Å²) in [5.41, 5.74) is 0.366. The molecule has 1 unspecified atom stereocenters. The molecule has 10 nitrogen and oxygen atoms in total. The topological polar surface area (TPSA) is 119 Å². The van der Waals surface area contributed by atoms with Gasteiger partial charge in [0, 0.05) is 43.3 Å². The number of piperidine rings is 1. The van der Waals surface area contributed by atoms with Crippen LogP contribution in [0.15, 0.2) is 54.9 Å². The molecule has 10 heteroatoms. The van der Waals surface area contributed by atoms with Crippen LogP contribution in [0.2, 0.25) is 0 Å². The van der Waals surface area contributed by atoms with Crippen molar-refractivity contribution in [3.8, 4) is 5.82 Å². The van der Waals surface area contributed by atoms with Crippen LogP contribution in [0.3, 0.4) is 0 Å². The van der Waals surface area contributed by atoms with E-state index in [9.17, 15) is 14.9 Å². The molecule has 148 valence electrons. The molecule has 1 aromatic carbocycles. The van der Waals surface area contributed by atoms with Crippen molar-refractivity contribution in [2.45, 2.75) is 12.8 Å². The van der Waals surface area contributed by atoms with Gasteiger partial charge in [0.25, 0.3) is 5.69 Å². The van der Waals surface area contributed by atoms with Crippen LogP contribution >= 0.6 is 0 Å². The van der Waals surface area contributed by atoms with E-state index in [1.54, 1.807) is 29.2 Å². The van der Waals surface area contributed by atoms with E-state index in [4.69, 9.17) is 0 Å². The number of hydrogen-bond acceptors (Lipinski definition) is 7. The molecule has 3 aromatic rings. The number of anilines is 2. The van der Waals surface area contributed by atoms with E-state index in [1.165, 1.54) is 12.1 Å². The van der Waals surface area contributed by atoms with Crippen molar-refractivity contribution < 1.29 is 9.72 Å². The molecular weight excluding hydrogens is 374 g/mol. The van der Waals surface area contributed by atoms with Gasteiger partial charge in [0.2, 0.25) is 5.91 Å². The maximum atomic E-state index is 12.7. The number of benzene rings is 1. The molecule has 0 bridgehead atoms. The Morgan fingerprint density at radius 1 is 1.17 bits per heavy atom. The number of hydrogen-bond donors (Lipinski definition) is 1. The molecule has 1 saturated heterocycles. The Hall–Kier alpha value is -3.82. The minimum absolute atomic E-state index is 0.0550. The molecule has 29 heavy (non-hydrogen) atoms. The Morgan fingerprint density at radius 2 is 2.00 bits per heavy atom. The van der Waals surface area contributed by atoms with Crippen LogP contribution in [0.5, 0.6) is 0 Å². The number of non-ortho nitro benzene ring substituents is 1. The van der Waals surface area contributed by atoms with Gasteiger partial charge in [-0.2, -0.15) is 5.10 Å². The second-order valence-corrected chi connectivity index (χ2v) is 6.78. The lowest BCUT2D eigenvalue weighted by molar-refractivity contribution is -0.384. The first-order chi connectivity index (χ1) is 14.1. The number of nitrogens with one attached hydrogen (secondary N) is 1. The SMILES string of the molecule is O=C(Nc1cccc([N+](=O)[O-])c1)C1CCCN(c2ccc(-n3cccn3)nn2)C1. The highest BCUT2D eigenvalue weighted by atomic mass is 16.6. The second-order valence-electron chi connectivity index (χ2n) is 6.78. The summed E-state index contributed by atoms with van der Waals surface area (Å²) in [4.78, 5) is 25.1. The third-order valence-corrected chi connectivity index (χ3v) is 4.82. The van der Waals surface area contributed by atoms with Crippen molar-refractivity contribution in [1.82, 2.24) is 20.0 Å². The molecule has 1 fully saturated rings. The summed E-state index contributed by atoms with van der Waals surface area (Å²) < 4.78 is 1.63. The lowest BCUT2D eigenvalue weighted by atomic mass is 9.97. The Labute approximate surface area is 166 Å². The number of nitro groups is 1. The van der Waals surface area contributed by atoms with E-state index >= 15 is 0 Å². The molecule has 4 rings (SSSR count). The Morgan fingerprint density at radius 3 is 2.72 bits per heavy atom. The minimum Gasteiger partial charge on any atom is -0.354 e. The van der Waals surface area contributed by atoms with E-state index in [2.05, 4.69) is 20.6 Å². The molecule has 0 spiro atoms. The average Bonchev–Trinajstić information content (AvgIpc) is 3.29. The van der Waals surface area contributed by atoms with E-state index in [0.717, 1.165) is 19.4 Å². The van der Waals surface area contributed by atoms with Gasteiger partial charge in [0.15, 0.2) is 11.6 Å². The lowest BCUT2D eigenvalue weighted by Gasteiger charge is -2.32. The number of rotatable bonds is 5. The number of carbonyl (C=O) groups is 1. The maximum absolute atomic E-state index is 12.7. The van der Waals surface area contributed by atoms with E-state index < -0.39 is 4.92 Å². The molecule has 1 atom stereocenters. The van der Waals surface area contributed by atoms with Crippen LogP contribution in [0.1, 0.15) is 12.8 Å². The quantitative estimate of drug-likeness (QED) is 0.522. The van der Waals surface area contributed by atoms with Crippen LogP contribution in [0, 0.1) is 16.0 Å².